The lowest BCUT2D eigenvalue weighted by atomic mass is 9.81. The van der Waals surface area contributed by atoms with Gasteiger partial charge in [0.05, 0.1) is 0 Å². The van der Waals surface area contributed by atoms with E-state index in [1.807, 2.05) is 31.2 Å². The predicted octanol–water partition coefficient (Wildman–Crippen LogP) is 4.16. The number of carbonyl (C=O) groups is 1. The zero-order chi connectivity index (χ0) is 17.1. The van der Waals surface area contributed by atoms with E-state index in [0.29, 0.717) is 24.0 Å². The van der Waals surface area contributed by atoms with Crippen LogP contribution in [0.25, 0.3) is 0 Å². The van der Waals surface area contributed by atoms with Crippen LogP contribution in [0.15, 0.2) is 24.3 Å². The van der Waals surface area contributed by atoms with Crippen molar-refractivity contribution in [2.45, 2.75) is 71.0 Å². The minimum Gasteiger partial charge on any atom is -0.335 e. The summed E-state index contributed by atoms with van der Waals surface area (Å²) in [5.74, 6) is 0.710. The van der Waals surface area contributed by atoms with Crippen molar-refractivity contribution in [3.8, 4) is 0 Å². The van der Waals surface area contributed by atoms with Crippen molar-refractivity contribution in [3.05, 3.63) is 29.8 Å². The number of anilines is 1. The summed E-state index contributed by atoms with van der Waals surface area (Å²) >= 11 is 0. The molecule has 3 rings (SSSR count). The highest BCUT2D eigenvalue weighted by molar-refractivity contribution is 5.89. The monoisotopic (exact) mass is 329 g/mol. The van der Waals surface area contributed by atoms with Crippen molar-refractivity contribution < 1.29 is 4.79 Å². The molecular weight excluding hydrogens is 298 g/mol. The highest BCUT2D eigenvalue weighted by Gasteiger charge is 2.38. The van der Waals surface area contributed by atoms with E-state index in [-0.39, 0.29) is 6.03 Å². The Balaban J connectivity index is 1.56. The number of urea groups is 1. The molecule has 1 aromatic rings. The van der Waals surface area contributed by atoms with Gasteiger partial charge in [0.2, 0.25) is 0 Å². The molecule has 2 fully saturated rings. The quantitative estimate of drug-likeness (QED) is 0.871. The molecular formula is C20H31N3O. The summed E-state index contributed by atoms with van der Waals surface area (Å²) < 4.78 is 0. The van der Waals surface area contributed by atoms with Crippen LogP contribution in [0, 0.1) is 12.8 Å². The molecule has 0 saturated carbocycles. The number of carbonyl (C=O) groups excluding carboxylic acids is 1. The van der Waals surface area contributed by atoms with Crippen LogP contribution < -0.4 is 10.6 Å². The number of hydrogen-bond acceptors (Lipinski definition) is 2. The van der Waals surface area contributed by atoms with Gasteiger partial charge in [-0.2, -0.15) is 0 Å². The molecule has 2 aliphatic heterocycles. The fraction of sp³-hybridized carbons (Fsp3) is 0.650. The zero-order valence-corrected chi connectivity index (χ0v) is 15.2. The van der Waals surface area contributed by atoms with Crippen molar-refractivity contribution in [1.29, 1.82) is 0 Å². The largest absolute Gasteiger partial charge is 0.335 e. The second kappa shape index (κ2) is 7.56. The minimum atomic E-state index is -0.0685. The molecule has 4 heteroatoms. The lowest BCUT2D eigenvalue weighted by Gasteiger charge is -2.49. The number of benzene rings is 1. The Morgan fingerprint density at radius 3 is 2.58 bits per heavy atom. The average Bonchev–Trinajstić information content (AvgIpc) is 2.47. The molecule has 2 atom stereocenters. The van der Waals surface area contributed by atoms with Gasteiger partial charge in [-0.3, -0.25) is 4.90 Å². The molecule has 2 saturated heterocycles. The molecule has 2 bridgehead atoms. The molecule has 0 aromatic heterocycles. The first-order valence-electron chi connectivity index (χ1n) is 9.41. The third-order valence-corrected chi connectivity index (χ3v) is 5.31. The van der Waals surface area contributed by atoms with Crippen molar-refractivity contribution in [2.75, 3.05) is 11.9 Å². The van der Waals surface area contributed by atoms with Crippen LogP contribution in [0.2, 0.25) is 0 Å². The van der Waals surface area contributed by atoms with E-state index in [9.17, 15) is 4.79 Å². The van der Waals surface area contributed by atoms with Gasteiger partial charge < -0.3 is 10.6 Å². The Labute approximate surface area is 146 Å². The summed E-state index contributed by atoms with van der Waals surface area (Å²) in [5, 5.41) is 6.19. The number of aryl methyl sites for hydroxylation is 1. The first-order valence-corrected chi connectivity index (χ1v) is 9.41. The van der Waals surface area contributed by atoms with Gasteiger partial charge in [0.25, 0.3) is 0 Å². The SMILES string of the molecule is Cc1cccc(NC(=O)NC2CC3CCCC(C2)N3CC(C)C)c1. The smallest absolute Gasteiger partial charge is 0.319 e. The summed E-state index contributed by atoms with van der Waals surface area (Å²) in [6.45, 7) is 7.83. The third-order valence-electron chi connectivity index (χ3n) is 5.31. The molecule has 4 nitrogen and oxygen atoms in total. The number of hydrogen-bond donors (Lipinski definition) is 2. The second-order valence-corrected chi connectivity index (χ2v) is 7.97. The van der Waals surface area contributed by atoms with Crippen LogP contribution in [-0.2, 0) is 0 Å². The highest BCUT2D eigenvalue weighted by atomic mass is 16.2. The Morgan fingerprint density at radius 2 is 1.96 bits per heavy atom. The maximum absolute atomic E-state index is 12.3. The fourth-order valence-corrected chi connectivity index (χ4v) is 4.39. The first-order chi connectivity index (χ1) is 11.5. The van der Waals surface area contributed by atoms with E-state index in [2.05, 4.69) is 29.4 Å². The van der Waals surface area contributed by atoms with Crippen LogP contribution >= 0.6 is 0 Å². The predicted molar refractivity (Wildman–Crippen MR) is 99.3 cm³/mol. The molecule has 132 valence electrons. The topological polar surface area (TPSA) is 44.4 Å². The molecule has 0 spiro atoms. The van der Waals surface area contributed by atoms with Gasteiger partial charge in [-0.25, -0.2) is 4.79 Å². The third kappa shape index (κ3) is 4.29. The normalized spacial score (nSPS) is 27.1. The molecule has 0 aliphatic carbocycles. The molecule has 2 N–H and O–H groups in total. The maximum atomic E-state index is 12.3. The number of nitrogens with one attached hydrogen (secondary N) is 2. The number of fused-ring (bicyclic) bond motifs is 2. The van der Waals surface area contributed by atoms with Gasteiger partial charge in [-0.05, 0) is 56.2 Å². The van der Waals surface area contributed by atoms with Gasteiger partial charge in [-0.15, -0.1) is 0 Å². The number of rotatable bonds is 4. The van der Waals surface area contributed by atoms with Crippen molar-refractivity contribution in [2.24, 2.45) is 5.92 Å². The molecule has 0 radical (unpaired) electrons. The Bertz CT molecular complexity index is 558. The van der Waals surface area contributed by atoms with Crippen molar-refractivity contribution >= 4 is 11.7 Å². The van der Waals surface area contributed by atoms with E-state index in [4.69, 9.17) is 0 Å². The Morgan fingerprint density at radius 1 is 1.25 bits per heavy atom. The molecule has 2 amide bonds. The summed E-state index contributed by atoms with van der Waals surface area (Å²) in [7, 11) is 0. The van der Waals surface area contributed by atoms with Gasteiger partial charge >= 0.3 is 6.03 Å². The number of piperidine rings is 2. The summed E-state index contributed by atoms with van der Waals surface area (Å²) in [6, 6.07) is 9.46. The van der Waals surface area contributed by atoms with E-state index >= 15 is 0 Å². The zero-order valence-electron chi connectivity index (χ0n) is 15.2. The lowest BCUT2D eigenvalue weighted by Crippen LogP contribution is -2.58. The van der Waals surface area contributed by atoms with Gasteiger partial charge in [0.15, 0.2) is 0 Å². The van der Waals surface area contributed by atoms with Crippen LogP contribution in [0.1, 0.15) is 51.5 Å². The van der Waals surface area contributed by atoms with E-state index < -0.39 is 0 Å². The van der Waals surface area contributed by atoms with Crippen LogP contribution in [0.4, 0.5) is 10.5 Å². The van der Waals surface area contributed by atoms with Crippen LogP contribution in [0.5, 0.6) is 0 Å². The summed E-state index contributed by atoms with van der Waals surface area (Å²) in [6.07, 6.45) is 6.07. The second-order valence-electron chi connectivity index (χ2n) is 7.97. The molecule has 1 aromatic carbocycles. The Kier molecular flexibility index (Phi) is 5.44. The fourth-order valence-electron chi connectivity index (χ4n) is 4.39. The molecule has 24 heavy (non-hydrogen) atoms. The van der Waals surface area contributed by atoms with E-state index in [1.165, 1.54) is 25.8 Å². The number of amides is 2. The molecule has 2 heterocycles. The summed E-state index contributed by atoms with van der Waals surface area (Å²) in [5.41, 5.74) is 2.02. The van der Waals surface area contributed by atoms with Crippen molar-refractivity contribution in [1.82, 2.24) is 10.2 Å². The highest BCUT2D eigenvalue weighted by Crippen LogP contribution is 2.34. The Hall–Kier alpha value is -1.55. The minimum absolute atomic E-state index is 0.0685. The van der Waals surface area contributed by atoms with Gasteiger partial charge in [0, 0.05) is 30.4 Å². The van der Waals surface area contributed by atoms with Crippen molar-refractivity contribution in [3.63, 3.8) is 0 Å². The standard InChI is InChI=1S/C20H31N3O/c1-14(2)13-23-18-8-5-9-19(23)12-17(11-18)22-20(24)21-16-7-4-6-15(3)10-16/h4,6-7,10,14,17-19H,5,8-9,11-13H2,1-3H3,(H2,21,22,24). The molecule has 2 aliphatic rings. The van der Waals surface area contributed by atoms with Crippen LogP contribution in [-0.4, -0.2) is 35.6 Å². The van der Waals surface area contributed by atoms with Crippen LogP contribution in [0.3, 0.4) is 0 Å². The maximum Gasteiger partial charge on any atom is 0.319 e. The summed E-state index contributed by atoms with van der Waals surface area (Å²) in [4.78, 5) is 15.0. The molecule has 2 unspecified atom stereocenters. The van der Waals surface area contributed by atoms with Gasteiger partial charge in [0.1, 0.15) is 0 Å². The van der Waals surface area contributed by atoms with Gasteiger partial charge in [-0.1, -0.05) is 32.4 Å². The van der Waals surface area contributed by atoms with E-state index in [1.54, 1.807) is 0 Å². The van der Waals surface area contributed by atoms with E-state index in [0.717, 1.165) is 24.1 Å². The average molecular weight is 329 g/mol. The first kappa shape index (κ1) is 17.3. The number of nitrogens with zero attached hydrogens (tertiary/aromatic N) is 1. The lowest BCUT2D eigenvalue weighted by molar-refractivity contribution is 0.0180.